The predicted octanol–water partition coefficient (Wildman–Crippen LogP) is 3.52. The van der Waals surface area contributed by atoms with Crippen LogP contribution in [0.5, 0.6) is 0 Å². The van der Waals surface area contributed by atoms with Gasteiger partial charge in [0.05, 0.1) is 0 Å². The molecular formula is C16H34N2. The molecule has 1 aliphatic carbocycles. The van der Waals surface area contributed by atoms with E-state index in [0.717, 1.165) is 11.8 Å². The first-order valence-electron chi connectivity index (χ1n) is 7.86. The van der Waals surface area contributed by atoms with Gasteiger partial charge in [0.1, 0.15) is 0 Å². The Morgan fingerprint density at radius 3 is 2.22 bits per heavy atom. The molecule has 1 N–H and O–H groups in total. The fourth-order valence-corrected chi connectivity index (χ4v) is 4.33. The predicted molar refractivity (Wildman–Crippen MR) is 81.0 cm³/mol. The van der Waals surface area contributed by atoms with Gasteiger partial charge in [-0.05, 0) is 58.7 Å². The van der Waals surface area contributed by atoms with Crippen LogP contribution in [0.15, 0.2) is 0 Å². The lowest BCUT2D eigenvalue weighted by atomic mass is 9.70. The van der Waals surface area contributed by atoms with E-state index in [9.17, 15) is 0 Å². The van der Waals surface area contributed by atoms with Crippen LogP contribution in [0.3, 0.4) is 0 Å². The summed E-state index contributed by atoms with van der Waals surface area (Å²) in [6.07, 6.45) is 8.12. The first kappa shape index (κ1) is 16.0. The van der Waals surface area contributed by atoms with Crippen molar-refractivity contribution in [3.8, 4) is 0 Å². The highest BCUT2D eigenvalue weighted by Crippen LogP contribution is 2.38. The Labute approximate surface area is 115 Å². The molecule has 1 saturated carbocycles. The maximum absolute atomic E-state index is 3.67. The number of nitrogens with one attached hydrogen (secondary N) is 1. The molecule has 3 atom stereocenters. The Balaban J connectivity index is 2.90. The lowest BCUT2D eigenvalue weighted by molar-refractivity contribution is 0.0459. The van der Waals surface area contributed by atoms with Gasteiger partial charge in [-0.1, -0.05) is 33.6 Å². The number of likely N-dealkylation sites (N-methyl/N-ethyl adjacent to an activating group) is 2. The van der Waals surface area contributed by atoms with E-state index >= 15 is 0 Å². The number of rotatable bonds is 6. The number of nitrogens with zero attached hydrogens (tertiary/aromatic N) is 1. The van der Waals surface area contributed by atoms with E-state index in [0.29, 0.717) is 11.6 Å². The molecule has 0 heterocycles. The molecule has 108 valence electrons. The van der Waals surface area contributed by atoms with Gasteiger partial charge in [0.15, 0.2) is 0 Å². The van der Waals surface area contributed by atoms with Crippen LogP contribution in [0, 0.1) is 11.8 Å². The summed E-state index contributed by atoms with van der Waals surface area (Å²) in [7, 11) is 6.67. The van der Waals surface area contributed by atoms with Crippen LogP contribution in [-0.4, -0.2) is 37.6 Å². The van der Waals surface area contributed by atoms with Gasteiger partial charge in [-0.15, -0.1) is 0 Å². The molecule has 0 bridgehead atoms. The zero-order valence-corrected chi connectivity index (χ0v) is 13.4. The second kappa shape index (κ2) is 6.91. The van der Waals surface area contributed by atoms with Crippen molar-refractivity contribution in [2.75, 3.05) is 21.1 Å². The van der Waals surface area contributed by atoms with E-state index in [4.69, 9.17) is 0 Å². The van der Waals surface area contributed by atoms with Crippen LogP contribution < -0.4 is 5.32 Å². The van der Waals surface area contributed by atoms with Crippen molar-refractivity contribution in [3.05, 3.63) is 0 Å². The van der Waals surface area contributed by atoms with Crippen molar-refractivity contribution in [1.29, 1.82) is 0 Å². The van der Waals surface area contributed by atoms with Gasteiger partial charge in [-0.25, -0.2) is 0 Å². The van der Waals surface area contributed by atoms with E-state index in [2.05, 4.69) is 52.1 Å². The van der Waals surface area contributed by atoms with Crippen molar-refractivity contribution in [3.63, 3.8) is 0 Å². The summed E-state index contributed by atoms with van der Waals surface area (Å²) in [4.78, 5) is 2.47. The van der Waals surface area contributed by atoms with Gasteiger partial charge >= 0.3 is 0 Å². The fraction of sp³-hybridized carbons (Fsp3) is 1.00. The van der Waals surface area contributed by atoms with Crippen LogP contribution in [-0.2, 0) is 0 Å². The summed E-state index contributed by atoms with van der Waals surface area (Å²) in [6, 6.07) is 0.630. The van der Waals surface area contributed by atoms with E-state index in [1.165, 1.54) is 38.5 Å². The van der Waals surface area contributed by atoms with Gasteiger partial charge in [-0.2, -0.15) is 0 Å². The van der Waals surface area contributed by atoms with Crippen LogP contribution in [0.1, 0.15) is 59.3 Å². The summed E-state index contributed by atoms with van der Waals surface area (Å²) in [6.45, 7) is 7.12. The standard InChI is InChI=1S/C16H34N2/c1-7-16(8-2,18(5)6)15(17-4)14-11-9-10-13(3)12-14/h13-15,17H,7-12H2,1-6H3. The summed E-state index contributed by atoms with van der Waals surface area (Å²) in [5.41, 5.74) is 0.316. The van der Waals surface area contributed by atoms with Crippen LogP contribution in [0.2, 0.25) is 0 Å². The SMILES string of the molecule is CCC(CC)(C(NC)C1CCCC(C)C1)N(C)C. The highest BCUT2D eigenvalue weighted by atomic mass is 15.2. The Morgan fingerprint density at radius 1 is 1.22 bits per heavy atom. The molecule has 0 aromatic carbocycles. The zero-order valence-electron chi connectivity index (χ0n) is 13.4. The Kier molecular flexibility index (Phi) is 6.13. The van der Waals surface area contributed by atoms with Gasteiger partial charge < -0.3 is 10.2 Å². The van der Waals surface area contributed by atoms with Crippen LogP contribution >= 0.6 is 0 Å². The van der Waals surface area contributed by atoms with E-state index in [1.54, 1.807) is 0 Å². The molecule has 2 heteroatoms. The molecule has 0 radical (unpaired) electrons. The molecule has 0 aliphatic heterocycles. The van der Waals surface area contributed by atoms with Gasteiger partial charge in [0.2, 0.25) is 0 Å². The Morgan fingerprint density at radius 2 is 1.83 bits per heavy atom. The first-order valence-corrected chi connectivity index (χ1v) is 7.86. The summed E-state index contributed by atoms with van der Waals surface area (Å²) < 4.78 is 0. The monoisotopic (exact) mass is 254 g/mol. The third kappa shape index (κ3) is 3.08. The smallest absolute Gasteiger partial charge is 0.0353 e. The van der Waals surface area contributed by atoms with Gasteiger partial charge in [0, 0.05) is 11.6 Å². The minimum atomic E-state index is 0.316. The topological polar surface area (TPSA) is 15.3 Å². The zero-order chi connectivity index (χ0) is 13.8. The molecule has 0 saturated heterocycles. The van der Waals surface area contributed by atoms with Gasteiger partial charge in [0.25, 0.3) is 0 Å². The third-order valence-corrected chi connectivity index (χ3v) is 5.45. The van der Waals surface area contributed by atoms with E-state index < -0.39 is 0 Å². The molecule has 0 spiro atoms. The molecule has 0 aromatic rings. The highest BCUT2D eigenvalue weighted by Gasteiger charge is 2.42. The van der Waals surface area contributed by atoms with Crippen LogP contribution in [0.4, 0.5) is 0 Å². The molecule has 0 aromatic heterocycles. The van der Waals surface area contributed by atoms with Gasteiger partial charge in [-0.3, -0.25) is 0 Å². The molecule has 1 aliphatic rings. The maximum atomic E-state index is 3.67. The largest absolute Gasteiger partial charge is 0.315 e. The molecule has 1 rings (SSSR count). The van der Waals surface area contributed by atoms with Crippen molar-refractivity contribution in [2.45, 2.75) is 70.9 Å². The molecule has 2 nitrogen and oxygen atoms in total. The Hall–Kier alpha value is -0.0800. The summed E-state index contributed by atoms with van der Waals surface area (Å²) in [5.74, 6) is 1.76. The van der Waals surface area contributed by atoms with Crippen molar-refractivity contribution in [2.24, 2.45) is 11.8 Å². The molecule has 0 amide bonds. The average Bonchev–Trinajstić information content (AvgIpc) is 2.35. The fourth-order valence-electron chi connectivity index (χ4n) is 4.33. The molecule has 3 unspecified atom stereocenters. The second-order valence-corrected chi connectivity index (χ2v) is 6.50. The second-order valence-electron chi connectivity index (χ2n) is 6.50. The van der Waals surface area contributed by atoms with Crippen LogP contribution in [0.25, 0.3) is 0 Å². The summed E-state index contributed by atoms with van der Waals surface area (Å²) in [5, 5.41) is 3.67. The van der Waals surface area contributed by atoms with E-state index in [1.807, 2.05) is 0 Å². The third-order valence-electron chi connectivity index (χ3n) is 5.45. The maximum Gasteiger partial charge on any atom is 0.0353 e. The normalized spacial score (nSPS) is 27.5. The lowest BCUT2D eigenvalue weighted by Gasteiger charge is -2.49. The number of hydrogen-bond donors (Lipinski definition) is 1. The van der Waals surface area contributed by atoms with E-state index in [-0.39, 0.29) is 0 Å². The number of hydrogen-bond acceptors (Lipinski definition) is 2. The van der Waals surface area contributed by atoms with Crippen molar-refractivity contribution >= 4 is 0 Å². The quantitative estimate of drug-likeness (QED) is 0.780. The Bertz CT molecular complexity index is 233. The average molecular weight is 254 g/mol. The molecule has 18 heavy (non-hydrogen) atoms. The van der Waals surface area contributed by atoms with Crippen molar-refractivity contribution in [1.82, 2.24) is 10.2 Å². The highest BCUT2D eigenvalue weighted by molar-refractivity contribution is 5.00. The minimum absolute atomic E-state index is 0.316. The lowest BCUT2D eigenvalue weighted by Crippen LogP contribution is -2.61. The minimum Gasteiger partial charge on any atom is -0.315 e. The molecular weight excluding hydrogens is 220 g/mol. The first-order chi connectivity index (χ1) is 8.51. The van der Waals surface area contributed by atoms with Crippen molar-refractivity contribution < 1.29 is 0 Å². The summed E-state index contributed by atoms with van der Waals surface area (Å²) >= 11 is 0. The molecule has 1 fully saturated rings.